The second-order valence-corrected chi connectivity index (χ2v) is 11.2. The van der Waals surface area contributed by atoms with Crippen molar-refractivity contribution in [3.05, 3.63) is 139 Å². The predicted molar refractivity (Wildman–Crippen MR) is 175 cm³/mol. The molecule has 1 aliphatic heterocycles. The van der Waals surface area contributed by atoms with Gasteiger partial charge in [-0.1, -0.05) is 72.8 Å². The van der Waals surface area contributed by atoms with Crippen molar-refractivity contribution in [1.82, 2.24) is 19.5 Å². The van der Waals surface area contributed by atoms with E-state index in [4.69, 9.17) is 23.7 Å². The number of aliphatic hydroxyl groups excluding tert-OH is 1. The Morgan fingerprint density at radius 3 is 1.96 bits per heavy atom. The molecule has 1 aliphatic rings. The van der Waals surface area contributed by atoms with E-state index < -0.39 is 24.0 Å². The number of methoxy groups -OCH3 is 2. The van der Waals surface area contributed by atoms with Crippen molar-refractivity contribution >= 4 is 11.2 Å². The lowest BCUT2D eigenvalue weighted by molar-refractivity contribution is -0.0931. The third-order valence-corrected chi connectivity index (χ3v) is 8.43. The third-order valence-electron chi connectivity index (χ3n) is 8.43. The molecular formula is C37H34N4O6. The van der Waals surface area contributed by atoms with Crippen LogP contribution in [0, 0.1) is 0 Å². The van der Waals surface area contributed by atoms with Crippen LogP contribution in [-0.2, 0) is 15.1 Å². The smallest absolute Gasteiger partial charge is 0.250 e. The van der Waals surface area contributed by atoms with Gasteiger partial charge < -0.3 is 28.8 Å². The molecule has 0 saturated carbocycles. The van der Waals surface area contributed by atoms with Gasteiger partial charge >= 0.3 is 0 Å². The van der Waals surface area contributed by atoms with E-state index in [2.05, 4.69) is 15.0 Å². The average Bonchev–Trinajstić information content (AvgIpc) is 3.73. The summed E-state index contributed by atoms with van der Waals surface area (Å²) in [6.07, 6.45) is 1.42. The summed E-state index contributed by atoms with van der Waals surface area (Å²) in [7, 11) is 3.28. The predicted octanol–water partition coefficient (Wildman–Crippen LogP) is 6.29. The number of ether oxygens (including phenoxy) is 5. The molecule has 0 amide bonds. The minimum absolute atomic E-state index is 0.0919. The molecule has 4 aromatic carbocycles. The Morgan fingerprint density at radius 2 is 1.34 bits per heavy atom. The van der Waals surface area contributed by atoms with Crippen LogP contribution in [0.2, 0.25) is 0 Å². The molecule has 6 aromatic rings. The fourth-order valence-electron chi connectivity index (χ4n) is 6.03. The summed E-state index contributed by atoms with van der Waals surface area (Å²) in [5.74, 6) is 2.44. The summed E-state index contributed by atoms with van der Waals surface area (Å²) < 4.78 is 32.2. The largest absolute Gasteiger partial charge is 0.497 e. The van der Waals surface area contributed by atoms with Crippen molar-refractivity contribution in [2.75, 3.05) is 20.8 Å². The van der Waals surface area contributed by atoms with Crippen molar-refractivity contribution in [2.24, 2.45) is 0 Å². The van der Waals surface area contributed by atoms with Gasteiger partial charge in [0.2, 0.25) is 0 Å². The number of imidazole rings is 1. The molecule has 0 bridgehead atoms. The summed E-state index contributed by atoms with van der Waals surface area (Å²) >= 11 is 0. The Balaban J connectivity index is 1.20. The normalized spacial score (nSPS) is 17.9. The molecule has 2 aromatic heterocycles. The topological polar surface area (TPSA) is 110 Å². The number of benzene rings is 4. The SMILES string of the molecule is COc1ccc(C(OC[C@H]2O[C@@H](n3cnc4c(Oc5ccccc5)ncnc43)C[C@@H]2O)(c2ccccc2)c2ccc(OC)cc2)cc1. The molecule has 10 nitrogen and oxygen atoms in total. The van der Waals surface area contributed by atoms with Crippen molar-refractivity contribution in [2.45, 2.75) is 30.5 Å². The number of aliphatic hydroxyl groups is 1. The summed E-state index contributed by atoms with van der Waals surface area (Å²) in [6.45, 7) is 0.0919. The second-order valence-electron chi connectivity index (χ2n) is 11.2. The molecule has 1 N–H and O–H groups in total. The molecule has 0 radical (unpaired) electrons. The monoisotopic (exact) mass is 630 g/mol. The number of hydrogen-bond acceptors (Lipinski definition) is 9. The Hall–Kier alpha value is -5.29. The minimum Gasteiger partial charge on any atom is -0.497 e. The van der Waals surface area contributed by atoms with E-state index in [1.807, 2.05) is 109 Å². The first-order valence-electron chi connectivity index (χ1n) is 15.3. The van der Waals surface area contributed by atoms with Crippen molar-refractivity contribution < 1.29 is 28.8 Å². The van der Waals surface area contributed by atoms with Crippen LogP contribution in [0.5, 0.6) is 23.1 Å². The molecule has 47 heavy (non-hydrogen) atoms. The van der Waals surface area contributed by atoms with Crippen LogP contribution in [0.15, 0.2) is 122 Å². The highest BCUT2D eigenvalue weighted by molar-refractivity contribution is 5.76. The van der Waals surface area contributed by atoms with E-state index in [9.17, 15) is 5.11 Å². The molecule has 7 rings (SSSR count). The van der Waals surface area contributed by atoms with E-state index in [1.165, 1.54) is 6.33 Å². The van der Waals surface area contributed by atoms with Gasteiger partial charge in [0.15, 0.2) is 11.2 Å². The van der Waals surface area contributed by atoms with E-state index in [-0.39, 0.29) is 6.61 Å². The summed E-state index contributed by atoms with van der Waals surface area (Å²) in [5, 5.41) is 11.3. The summed E-state index contributed by atoms with van der Waals surface area (Å²) in [6, 6.07) is 35.0. The number of hydrogen-bond donors (Lipinski definition) is 1. The van der Waals surface area contributed by atoms with Crippen LogP contribution in [0.3, 0.4) is 0 Å². The molecule has 238 valence electrons. The first-order chi connectivity index (χ1) is 23.1. The van der Waals surface area contributed by atoms with Crippen LogP contribution in [0.1, 0.15) is 29.3 Å². The number of fused-ring (bicyclic) bond motifs is 1. The molecule has 1 saturated heterocycles. The minimum atomic E-state index is -1.04. The molecule has 0 spiro atoms. The van der Waals surface area contributed by atoms with Gasteiger partial charge in [0.25, 0.3) is 5.88 Å². The zero-order valence-electron chi connectivity index (χ0n) is 26.0. The average molecular weight is 631 g/mol. The standard InChI is InChI=1S/C37H34N4O6/c1-43-28-17-13-26(14-18-28)37(25-9-5-3-6-10-25,27-15-19-29(44-2)20-16-27)45-22-32-31(42)21-33(47-32)41-24-40-34-35(41)38-23-39-36(34)46-30-11-7-4-8-12-30/h3-20,23-24,31-33,42H,21-22H2,1-2H3/t31-,32+,33+/m0/s1. The van der Waals surface area contributed by atoms with Crippen molar-refractivity contribution in [3.63, 3.8) is 0 Å². The Bertz CT molecular complexity index is 1870. The van der Waals surface area contributed by atoms with Crippen molar-refractivity contribution in [3.8, 4) is 23.1 Å². The molecular weight excluding hydrogens is 596 g/mol. The van der Waals surface area contributed by atoms with Gasteiger partial charge in [-0.05, 0) is 53.1 Å². The highest BCUT2D eigenvalue weighted by Crippen LogP contribution is 2.43. The van der Waals surface area contributed by atoms with Gasteiger partial charge in [-0.2, -0.15) is 4.98 Å². The zero-order valence-corrected chi connectivity index (χ0v) is 26.0. The zero-order chi connectivity index (χ0) is 32.2. The van der Waals surface area contributed by atoms with Crippen molar-refractivity contribution in [1.29, 1.82) is 0 Å². The Labute approximate surface area is 272 Å². The third kappa shape index (κ3) is 5.90. The summed E-state index contributed by atoms with van der Waals surface area (Å²) in [5.41, 5.74) is 2.70. The van der Waals surface area contributed by atoms with Crippen LogP contribution in [-0.4, -0.2) is 57.7 Å². The highest BCUT2D eigenvalue weighted by atomic mass is 16.6. The molecule has 0 unspecified atom stereocenters. The van der Waals surface area contributed by atoms with E-state index in [0.717, 1.165) is 28.2 Å². The van der Waals surface area contributed by atoms with Gasteiger partial charge in [-0.3, -0.25) is 4.57 Å². The molecule has 3 heterocycles. The first-order valence-corrected chi connectivity index (χ1v) is 15.3. The van der Waals surface area contributed by atoms with E-state index in [1.54, 1.807) is 25.1 Å². The van der Waals surface area contributed by atoms with Gasteiger partial charge in [0.05, 0.1) is 33.3 Å². The quantitative estimate of drug-likeness (QED) is 0.165. The highest BCUT2D eigenvalue weighted by Gasteiger charge is 2.42. The molecule has 3 atom stereocenters. The van der Waals surface area contributed by atoms with E-state index >= 15 is 0 Å². The van der Waals surface area contributed by atoms with Gasteiger partial charge in [0.1, 0.15) is 41.5 Å². The lowest BCUT2D eigenvalue weighted by Gasteiger charge is -2.37. The maximum atomic E-state index is 11.3. The number of nitrogens with zero attached hydrogens (tertiary/aromatic N) is 4. The van der Waals surface area contributed by atoms with Crippen LogP contribution < -0.4 is 14.2 Å². The fraction of sp³-hybridized carbons (Fsp3) is 0.216. The van der Waals surface area contributed by atoms with Gasteiger partial charge in [-0.15, -0.1) is 0 Å². The maximum absolute atomic E-state index is 11.3. The molecule has 10 heteroatoms. The lowest BCUT2D eigenvalue weighted by Crippen LogP contribution is -2.38. The van der Waals surface area contributed by atoms with Crippen LogP contribution >= 0.6 is 0 Å². The number of aromatic nitrogens is 4. The number of para-hydroxylation sites is 1. The Kier molecular flexibility index (Phi) is 8.54. The lowest BCUT2D eigenvalue weighted by atomic mass is 9.80. The maximum Gasteiger partial charge on any atom is 0.250 e. The fourth-order valence-corrected chi connectivity index (χ4v) is 6.03. The van der Waals surface area contributed by atoms with Gasteiger partial charge in [-0.25, -0.2) is 9.97 Å². The second kappa shape index (κ2) is 13.2. The molecule has 0 aliphatic carbocycles. The molecule has 1 fully saturated rings. The van der Waals surface area contributed by atoms with Crippen LogP contribution in [0.4, 0.5) is 0 Å². The number of rotatable bonds is 11. The van der Waals surface area contributed by atoms with E-state index in [0.29, 0.717) is 29.2 Å². The Morgan fingerprint density at radius 1 is 0.745 bits per heavy atom. The summed E-state index contributed by atoms with van der Waals surface area (Å²) in [4.78, 5) is 13.3. The van der Waals surface area contributed by atoms with Crippen LogP contribution in [0.25, 0.3) is 11.2 Å². The first kappa shape index (κ1) is 30.4. The van der Waals surface area contributed by atoms with Gasteiger partial charge in [0, 0.05) is 6.42 Å².